The van der Waals surface area contributed by atoms with Crippen molar-refractivity contribution in [3.05, 3.63) is 95.6 Å². The molecule has 0 bridgehead atoms. The van der Waals surface area contributed by atoms with Crippen molar-refractivity contribution in [3.8, 4) is 11.5 Å². The van der Waals surface area contributed by atoms with Crippen molar-refractivity contribution in [3.63, 3.8) is 0 Å². The summed E-state index contributed by atoms with van der Waals surface area (Å²) in [7, 11) is 3.22. The summed E-state index contributed by atoms with van der Waals surface area (Å²) >= 11 is 0. The van der Waals surface area contributed by atoms with Crippen LogP contribution in [-0.4, -0.2) is 26.7 Å². The maximum atomic E-state index is 12.9. The van der Waals surface area contributed by atoms with Gasteiger partial charge in [-0.2, -0.15) is 0 Å². The Labute approximate surface area is 190 Å². The number of hydroxylamine groups is 1. The van der Waals surface area contributed by atoms with Gasteiger partial charge in [-0.15, -0.1) is 0 Å². The van der Waals surface area contributed by atoms with Gasteiger partial charge in [-0.3, -0.25) is 9.63 Å². The predicted molar refractivity (Wildman–Crippen MR) is 126 cm³/mol. The molecular weight excluding hydrogens is 402 g/mol. The summed E-state index contributed by atoms with van der Waals surface area (Å²) in [5, 5.41) is 0. The van der Waals surface area contributed by atoms with Crippen molar-refractivity contribution in [2.45, 2.75) is 31.6 Å². The number of amides is 1. The monoisotopic (exact) mass is 433 g/mol. The maximum absolute atomic E-state index is 12.9. The number of methoxy groups -OCH3 is 2. The molecular formula is C27H31NO4. The van der Waals surface area contributed by atoms with Crippen molar-refractivity contribution in [2.24, 2.45) is 0 Å². The van der Waals surface area contributed by atoms with Crippen LogP contribution in [0.1, 0.15) is 35.4 Å². The fraction of sp³-hybridized carbons (Fsp3) is 0.296. The van der Waals surface area contributed by atoms with Crippen LogP contribution in [-0.2, 0) is 22.5 Å². The van der Waals surface area contributed by atoms with E-state index in [1.54, 1.807) is 14.2 Å². The summed E-state index contributed by atoms with van der Waals surface area (Å²) in [5.41, 5.74) is 5.98. The van der Waals surface area contributed by atoms with Crippen molar-refractivity contribution in [2.75, 3.05) is 20.8 Å². The van der Waals surface area contributed by atoms with Gasteiger partial charge in [0, 0.05) is 0 Å². The van der Waals surface area contributed by atoms with Crippen LogP contribution in [0.5, 0.6) is 11.5 Å². The highest BCUT2D eigenvalue weighted by Gasteiger charge is 2.20. The van der Waals surface area contributed by atoms with E-state index in [2.05, 4.69) is 17.6 Å². The Morgan fingerprint density at radius 3 is 2.19 bits per heavy atom. The first-order valence-electron chi connectivity index (χ1n) is 10.9. The first-order valence-corrected chi connectivity index (χ1v) is 10.9. The van der Waals surface area contributed by atoms with Crippen LogP contribution < -0.4 is 15.0 Å². The van der Waals surface area contributed by atoms with Crippen molar-refractivity contribution >= 4 is 5.91 Å². The third-order valence-electron chi connectivity index (χ3n) is 5.43. The third-order valence-corrected chi connectivity index (χ3v) is 5.43. The fourth-order valence-corrected chi connectivity index (χ4v) is 3.69. The van der Waals surface area contributed by atoms with Crippen molar-refractivity contribution < 1.29 is 19.1 Å². The second kappa shape index (κ2) is 12.5. The molecule has 0 aromatic heterocycles. The Morgan fingerprint density at radius 1 is 0.812 bits per heavy atom. The number of hydrogen-bond donors (Lipinski definition) is 1. The molecule has 0 saturated carbocycles. The standard InChI is InChI=1S/C27H31NO4/c1-30-25-17-16-22(20-26(25)31-2)18-19-32-28-27(29)24(23-13-7-4-8-14-23)15-9-12-21-10-5-3-6-11-21/h3-8,10-11,13-14,16-17,20,24H,9,12,15,18-19H2,1-2H3,(H,28,29). The molecule has 5 heteroatoms. The van der Waals surface area contributed by atoms with E-state index in [4.69, 9.17) is 14.3 Å². The smallest absolute Gasteiger partial charge is 0.251 e. The molecule has 0 fully saturated rings. The van der Waals surface area contributed by atoms with Crippen LogP contribution in [0, 0.1) is 0 Å². The normalized spacial score (nSPS) is 11.6. The van der Waals surface area contributed by atoms with E-state index in [1.165, 1.54) is 5.56 Å². The lowest BCUT2D eigenvalue weighted by Crippen LogP contribution is -2.30. The lowest BCUT2D eigenvalue weighted by Gasteiger charge is -2.17. The number of nitrogens with one attached hydrogen (secondary N) is 1. The highest BCUT2D eigenvalue weighted by Crippen LogP contribution is 2.27. The van der Waals surface area contributed by atoms with Gasteiger partial charge >= 0.3 is 0 Å². The van der Waals surface area contributed by atoms with Gasteiger partial charge in [0.15, 0.2) is 11.5 Å². The number of benzene rings is 3. The topological polar surface area (TPSA) is 56.8 Å². The van der Waals surface area contributed by atoms with Gasteiger partial charge in [-0.25, -0.2) is 5.48 Å². The number of carbonyl (C=O) groups is 1. The molecule has 0 spiro atoms. The van der Waals surface area contributed by atoms with Gasteiger partial charge in [0.1, 0.15) is 0 Å². The lowest BCUT2D eigenvalue weighted by atomic mass is 9.92. The Hall–Kier alpha value is -3.31. The van der Waals surface area contributed by atoms with E-state index in [9.17, 15) is 4.79 Å². The average Bonchev–Trinajstić information content (AvgIpc) is 2.85. The second-order valence-corrected chi connectivity index (χ2v) is 7.60. The number of aryl methyl sites for hydroxylation is 1. The maximum Gasteiger partial charge on any atom is 0.251 e. The molecule has 3 aromatic rings. The molecule has 0 radical (unpaired) electrons. The molecule has 0 aliphatic heterocycles. The summed E-state index contributed by atoms with van der Waals surface area (Å²) in [5.74, 6) is 1.00. The van der Waals surface area contributed by atoms with Gasteiger partial charge in [-0.1, -0.05) is 66.7 Å². The minimum absolute atomic E-state index is 0.114. The zero-order valence-corrected chi connectivity index (χ0v) is 18.8. The molecule has 3 aromatic carbocycles. The first-order chi connectivity index (χ1) is 15.7. The average molecular weight is 434 g/mol. The van der Waals surface area contributed by atoms with Crippen molar-refractivity contribution in [1.82, 2.24) is 5.48 Å². The SMILES string of the molecule is COc1ccc(CCONC(=O)C(CCCc2ccccc2)c2ccccc2)cc1OC. The molecule has 168 valence electrons. The van der Waals surface area contributed by atoms with E-state index in [0.717, 1.165) is 30.4 Å². The fourth-order valence-electron chi connectivity index (χ4n) is 3.69. The Bertz CT molecular complexity index is 960. The van der Waals surface area contributed by atoms with Gasteiger partial charge in [0.25, 0.3) is 5.91 Å². The van der Waals surface area contributed by atoms with Crippen LogP contribution in [0.25, 0.3) is 0 Å². The summed E-state index contributed by atoms with van der Waals surface area (Å²) in [6.07, 6.45) is 3.26. The molecule has 0 aliphatic carbocycles. The van der Waals surface area contributed by atoms with E-state index in [-0.39, 0.29) is 11.8 Å². The molecule has 0 aliphatic rings. The molecule has 1 amide bonds. The molecule has 1 unspecified atom stereocenters. The van der Waals surface area contributed by atoms with Crippen molar-refractivity contribution in [1.29, 1.82) is 0 Å². The van der Waals surface area contributed by atoms with Crippen LogP contribution in [0.2, 0.25) is 0 Å². The summed E-state index contributed by atoms with van der Waals surface area (Å²) in [4.78, 5) is 18.4. The third kappa shape index (κ3) is 6.86. The summed E-state index contributed by atoms with van der Waals surface area (Å²) in [6, 6.07) is 26.0. The van der Waals surface area contributed by atoms with Crippen LogP contribution in [0.15, 0.2) is 78.9 Å². The highest BCUT2D eigenvalue weighted by atomic mass is 16.6. The molecule has 3 rings (SSSR count). The number of rotatable bonds is 12. The quantitative estimate of drug-likeness (QED) is 0.319. The second-order valence-electron chi connectivity index (χ2n) is 7.60. The highest BCUT2D eigenvalue weighted by molar-refractivity contribution is 5.82. The largest absolute Gasteiger partial charge is 0.493 e. The zero-order valence-electron chi connectivity index (χ0n) is 18.8. The minimum atomic E-state index is -0.249. The molecule has 0 saturated heterocycles. The zero-order chi connectivity index (χ0) is 22.6. The van der Waals surface area contributed by atoms with E-state index in [0.29, 0.717) is 24.5 Å². The van der Waals surface area contributed by atoms with E-state index < -0.39 is 0 Å². The Kier molecular flexibility index (Phi) is 9.14. The first kappa shape index (κ1) is 23.4. The Morgan fingerprint density at radius 2 is 1.50 bits per heavy atom. The van der Waals surface area contributed by atoms with Crippen LogP contribution in [0.4, 0.5) is 0 Å². The number of ether oxygens (including phenoxy) is 2. The van der Waals surface area contributed by atoms with E-state index in [1.807, 2.05) is 66.7 Å². The molecule has 1 N–H and O–H groups in total. The van der Waals surface area contributed by atoms with Gasteiger partial charge in [0.05, 0.1) is 26.7 Å². The van der Waals surface area contributed by atoms with Crippen LogP contribution >= 0.6 is 0 Å². The minimum Gasteiger partial charge on any atom is -0.493 e. The Balaban J connectivity index is 1.52. The predicted octanol–water partition coefficient (Wildman–Crippen LogP) is 5.10. The van der Waals surface area contributed by atoms with Crippen LogP contribution in [0.3, 0.4) is 0 Å². The molecule has 32 heavy (non-hydrogen) atoms. The summed E-state index contributed by atoms with van der Waals surface area (Å²) < 4.78 is 10.6. The van der Waals surface area contributed by atoms with Gasteiger partial charge in [0.2, 0.25) is 0 Å². The van der Waals surface area contributed by atoms with Gasteiger partial charge in [-0.05, 0) is 54.5 Å². The number of hydrogen-bond acceptors (Lipinski definition) is 4. The molecule has 0 heterocycles. The number of carbonyl (C=O) groups excluding carboxylic acids is 1. The molecule has 5 nitrogen and oxygen atoms in total. The lowest BCUT2D eigenvalue weighted by molar-refractivity contribution is -0.135. The molecule has 1 atom stereocenters. The van der Waals surface area contributed by atoms with Gasteiger partial charge < -0.3 is 9.47 Å². The summed E-state index contributed by atoms with van der Waals surface area (Å²) in [6.45, 7) is 0.368. The van der Waals surface area contributed by atoms with E-state index >= 15 is 0 Å².